The zero-order valence-corrected chi connectivity index (χ0v) is 17.2. The van der Waals surface area contributed by atoms with Crippen LogP contribution in [0.15, 0.2) is 45.9 Å². The average molecular weight is 440 g/mol. The van der Waals surface area contributed by atoms with Gasteiger partial charge in [0, 0.05) is 24.3 Å². The summed E-state index contributed by atoms with van der Waals surface area (Å²) < 4.78 is 34.5. The topological polar surface area (TPSA) is 71.5 Å². The van der Waals surface area contributed by atoms with Crippen LogP contribution < -0.4 is 14.4 Å². The zero-order valence-electron chi connectivity index (χ0n) is 14.8. The van der Waals surface area contributed by atoms with Gasteiger partial charge in [0.2, 0.25) is 10.0 Å². The van der Waals surface area contributed by atoms with Crippen molar-refractivity contribution in [3.63, 3.8) is 0 Å². The summed E-state index contributed by atoms with van der Waals surface area (Å²) in [6.07, 6.45) is 2.73. The van der Waals surface area contributed by atoms with Crippen LogP contribution in [0.25, 0.3) is 0 Å². The Hall–Kier alpha value is -1.64. The minimum absolute atomic E-state index is 0.125. The van der Waals surface area contributed by atoms with E-state index >= 15 is 0 Å². The van der Waals surface area contributed by atoms with Crippen LogP contribution in [-0.2, 0) is 10.0 Å². The number of unbranched alkanes of at least 4 members (excludes halogenated alkanes) is 1. The molecule has 3 rings (SSSR count). The first-order valence-electron chi connectivity index (χ1n) is 8.55. The molecule has 0 spiro atoms. The van der Waals surface area contributed by atoms with Gasteiger partial charge in [-0.3, -0.25) is 0 Å². The summed E-state index contributed by atoms with van der Waals surface area (Å²) in [4.78, 5) is 6.59. The molecule has 1 aromatic carbocycles. The molecular formula is C18H22BrN3O3S. The van der Waals surface area contributed by atoms with Gasteiger partial charge in [-0.1, -0.05) is 38.0 Å². The Morgan fingerprint density at radius 3 is 2.73 bits per heavy atom. The van der Waals surface area contributed by atoms with Gasteiger partial charge in [0.25, 0.3) is 0 Å². The Morgan fingerprint density at radius 2 is 2.08 bits per heavy atom. The molecular weight excluding hydrogens is 418 g/mol. The summed E-state index contributed by atoms with van der Waals surface area (Å²) in [6, 6.07) is 11.0. The van der Waals surface area contributed by atoms with Crippen LogP contribution in [-0.4, -0.2) is 33.1 Å². The second-order valence-electron chi connectivity index (χ2n) is 6.21. The van der Waals surface area contributed by atoms with E-state index in [4.69, 9.17) is 4.74 Å². The number of fused-ring (bicyclic) bond motifs is 1. The van der Waals surface area contributed by atoms with Gasteiger partial charge >= 0.3 is 0 Å². The lowest BCUT2D eigenvalue weighted by molar-refractivity contribution is 0.408. The fourth-order valence-electron chi connectivity index (χ4n) is 3.04. The number of sulfonamides is 1. The molecule has 26 heavy (non-hydrogen) atoms. The number of rotatable bonds is 5. The first kappa shape index (κ1) is 19.1. The summed E-state index contributed by atoms with van der Waals surface area (Å²) in [5.74, 6) is 0.782. The number of hydrogen-bond acceptors (Lipinski definition) is 5. The van der Waals surface area contributed by atoms with Gasteiger partial charge in [-0.05, 0) is 34.5 Å². The molecule has 0 bridgehead atoms. The fourth-order valence-corrected chi connectivity index (χ4v) is 4.90. The van der Waals surface area contributed by atoms with E-state index in [0.717, 1.165) is 24.9 Å². The monoisotopic (exact) mass is 439 g/mol. The van der Waals surface area contributed by atoms with Gasteiger partial charge in [0.05, 0.1) is 7.11 Å². The van der Waals surface area contributed by atoms with Crippen LogP contribution in [0.4, 0.5) is 11.5 Å². The molecule has 0 radical (unpaired) electrons. The van der Waals surface area contributed by atoms with Crippen LogP contribution in [0.1, 0.15) is 26.2 Å². The van der Waals surface area contributed by atoms with E-state index in [1.807, 2.05) is 35.2 Å². The molecule has 8 heteroatoms. The third kappa shape index (κ3) is 3.87. The van der Waals surface area contributed by atoms with Crippen LogP contribution in [0, 0.1) is 0 Å². The first-order chi connectivity index (χ1) is 12.5. The van der Waals surface area contributed by atoms with E-state index in [2.05, 4.69) is 32.6 Å². The van der Waals surface area contributed by atoms with E-state index < -0.39 is 10.0 Å². The number of nitrogens with zero attached hydrogens (tertiary/aromatic N) is 2. The molecule has 1 unspecified atom stereocenters. The number of nitrogens with one attached hydrogen (secondary N) is 1. The number of aromatic nitrogens is 1. The minimum Gasteiger partial charge on any atom is -0.494 e. The fraction of sp³-hybridized carbons (Fsp3) is 0.389. The Labute approximate surface area is 162 Å². The number of benzene rings is 1. The maximum atomic E-state index is 13.0. The summed E-state index contributed by atoms with van der Waals surface area (Å²) in [7, 11) is -2.21. The second kappa shape index (κ2) is 7.94. The maximum absolute atomic E-state index is 13.0. The lowest BCUT2D eigenvalue weighted by Gasteiger charge is -2.26. The van der Waals surface area contributed by atoms with Crippen molar-refractivity contribution in [2.75, 3.05) is 18.6 Å². The molecule has 1 N–H and O–H groups in total. The molecule has 0 saturated heterocycles. The van der Waals surface area contributed by atoms with Crippen molar-refractivity contribution in [1.82, 2.24) is 9.71 Å². The molecule has 0 fully saturated rings. The van der Waals surface area contributed by atoms with Crippen molar-refractivity contribution in [2.24, 2.45) is 0 Å². The summed E-state index contributed by atoms with van der Waals surface area (Å²) in [6.45, 7) is 2.61. The Balaban J connectivity index is 2.17. The van der Waals surface area contributed by atoms with Crippen LogP contribution >= 0.6 is 15.9 Å². The predicted octanol–water partition coefficient (Wildman–Crippen LogP) is 3.84. The van der Waals surface area contributed by atoms with E-state index in [0.29, 0.717) is 22.7 Å². The quantitative estimate of drug-likeness (QED) is 0.716. The number of pyridine rings is 1. The third-order valence-electron chi connectivity index (χ3n) is 4.35. The molecule has 140 valence electrons. The molecule has 0 aliphatic carbocycles. The maximum Gasteiger partial charge on any atom is 0.244 e. The number of methoxy groups -OCH3 is 1. The van der Waals surface area contributed by atoms with Gasteiger partial charge in [0.15, 0.2) is 11.6 Å². The van der Waals surface area contributed by atoms with Crippen molar-refractivity contribution < 1.29 is 13.2 Å². The smallest absolute Gasteiger partial charge is 0.244 e. The number of halogens is 1. The molecule has 1 atom stereocenters. The average Bonchev–Trinajstić information content (AvgIpc) is 2.74. The highest BCUT2D eigenvalue weighted by Crippen LogP contribution is 2.37. The van der Waals surface area contributed by atoms with Crippen LogP contribution in [0.3, 0.4) is 0 Å². The number of para-hydroxylation sites is 1. The number of hydrogen-bond donors (Lipinski definition) is 1. The van der Waals surface area contributed by atoms with E-state index in [9.17, 15) is 8.42 Å². The normalized spacial score (nSPS) is 18.9. The lowest BCUT2D eigenvalue weighted by Crippen LogP contribution is -2.39. The van der Waals surface area contributed by atoms with Crippen molar-refractivity contribution in [3.8, 4) is 5.75 Å². The molecule has 6 nitrogen and oxygen atoms in total. The summed E-state index contributed by atoms with van der Waals surface area (Å²) >= 11 is 3.38. The van der Waals surface area contributed by atoms with Crippen molar-refractivity contribution in [3.05, 3.63) is 41.0 Å². The van der Waals surface area contributed by atoms with Gasteiger partial charge < -0.3 is 9.64 Å². The predicted molar refractivity (Wildman–Crippen MR) is 106 cm³/mol. The van der Waals surface area contributed by atoms with Crippen molar-refractivity contribution in [1.29, 1.82) is 0 Å². The zero-order chi connectivity index (χ0) is 18.7. The highest BCUT2D eigenvalue weighted by Gasteiger charge is 2.33. The summed E-state index contributed by atoms with van der Waals surface area (Å²) in [5.41, 5.74) is 0.902. The highest BCUT2D eigenvalue weighted by molar-refractivity contribution is 9.10. The van der Waals surface area contributed by atoms with Gasteiger partial charge in [-0.15, -0.1) is 0 Å². The molecule has 1 aliphatic rings. The molecule has 0 saturated carbocycles. The standard InChI is InChI=1S/C18H22BrN3O3S/c1-3-4-8-13-12-22(14-9-6-5-7-10-14)18-16(26(23,24)21-13)11-15(25-2)17(19)20-18/h5-7,9-11,13,21H,3-4,8,12H2,1-2H3. The van der Waals surface area contributed by atoms with E-state index in [1.54, 1.807) is 0 Å². The molecule has 2 aromatic rings. The highest BCUT2D eigenvalue weighted by atomic mass is 79.9. The molecule has 1 aliphatic heterocycles. The number of ether oxygens (including phenoxy) is 1. The number of anilines is 2. The van der Waals surface area contributed by atoms with Gasteiger partial charge in [0.1, 0.15) is 9.50 Å². The van der Waals surface area contributed by atoms with E-state index in [1.165, 1.54) is 13.2 Å². The SMILES string of the molecule is CCCCC1CN(c2ccccc2)c2nc(Br)c(OC)cc2S(=O)(=O)N1. The largest absolute Gasteiger partial charge is 0.494 e. The summed E-state index contributed by atoms with van der Waals surface area (Å²) in [5, 5.41) is 0. The minimum atomic E-state index is -3.70. The first-order valence-corrected chi connectivity index (χ1v) is 10.8. The molecule has 1 aromatic heterocycles. The van der Waals surface area contributed by atoms with Crippen molar-refractivity contribution >= 4 is 37.5 Å². The van der Waals surface area contributed by atoms with E-state index in [-0.39, 0.29) is 10.9 Å². The Bertz CT molecular complexity index is 875. The molecule has 2 heterocycles. The lowest BCUT2D eigenvalue weighted by atomic mass is 10.1. The van der Waals surface area contributed by atoms with Gasteiger partial charge in [-0.25, -0.2) is 18.1 Å². The Kier molecular flexibility index (Phi) is 5.84. The van der Waals surface area contributed by atoms with Crippen molar-refractivity contribution in [2.45, 2.75) is 37.1 Å². The van der Waals surface area contributed by atoms with Crippen LogP contribution in [0.5, 0.6) is 5.75 Å². The Morgan fingerprint density at radius 1 is 1.35 bits per heavy atom. The molecule has 0 amide bonds. The van der Waals surface area contributed by atoms with Gasteiger partial charge in [-0.2, -0.15) is 0 Å². The second-order valence-corrected chi connectivity index (χ2v) is 8.64. The third-order valence-corrected chi connectivity index (χ3v) is 6.45. The van der Waals surface area contributed by atoms with Crippen LogP contribution in [0.2, 0.25) is 0 Å².